The molecule has 7 nitrogen and oxygen atoms in total. The van der Waals surface area contributed by atoms with Crippen molar-refractivity contribution >= 4 is 38.8 Å². The van der Waals surface area contributed by atoms with E-state index in [9.17, 15) is 4.79 Å². The Balaban J connectivity index is 1.94. The Hall–Kier alpha value is -2.06. The number of carbonyl (C=O) groups excluding carboxylic acids is 1. The molecular formula is C14H15BrN4O3. The Bertz CT molecular complexity index is 817. The molecule has 116 valence electrons. The molecule has 0 saturated carbocycles. The summed E-state index contributed by atoms with van der Waals surface area (Å²) >= 11 is 3.30. The number of amides is 1. The first-order valence-corrected chi connectivity index (χ1v) is 7.46. The van der Waals surface area contributed by atoms with Crippen molar-refractivity contribution in [1.82, 2.24) is 14.3 Å². The third-order valence-corrected chi connectivity index (χ3v) is 3.66. The van der Waals surface area contributed by atoms with E-state index in [1.165, 1.54) is 0 Å². The van der Waals surface area contributed by atoms with Gasteiger partial charge in [0.1, 0.15) is 5.69 Å². The number of methoxy groups -OCH3 is 1. The highest BCUT2D eigenvalue weighted by Gasteiger charge is 2.19. The second-order valence-corrected chi connectivity index (χ2v) is 5.58. The van der Waals surface area contributed by atoms with Crippen LogP contribution in [0.25, 0.3) is 11.1 Å². The van der Waals surface area contributed by atoms with Crippen molar-refractivity contribution in [3.63, 3.8) is 0 Å². The number of aromatic nitrogens is 3. The Labute approximate surface area is 135 Å². The number of hydrogen-bond acceptors (Lipinski definition) is 4. The quantitative estimate of drug-likeness (QED) is 0.753. The molecule has 3 aromatic heterocycles. The van der Waals surface area contributed by atoms with E-state index >= 15 is 0 Å². The number of ether oxygens (including phenoxy) is 1. The molecule has 0 bridgehead atoms. The summed E-state index contributed by atoms with van der Waals surface area (Å²) < 4.78 is 14.8. The number of fused-ring (bicyclic) bond motifs is 1. The van der Waals surface area contributed by atoms with Crippen LogP contribution in [0.5, 0.6) is 0 Å². The van der Waals surface area contributed by atoms with Gasteiger partial charge >= 0.3 is 0 Å². The Morgan fingerprint density at radius 1 is 1.50 bits per heavy atom. The third-order valence-electron chi connectivity index (χ3n) is 3.27. The maximum Gasteiger partial charge on any atom is 0.273 e. The summed E-state index contributed by atoms with van der Waals surface area (Å²) in [6, 6.07) is 5.29. The number of nitrogens with zero attached hydrogens (tertiary/aromatic N) is 3. The molecule has 1 N–H and O–H groups in total. The van der Waals surface area contributed by atoms with Gasteiger partial charge in [-0.05, 0) is 15.9 Å². The lowest BCUT2D eigenvalue weighted by Crippen LogP contribution is -2.18. The molecule has 8 heteroatoms. The van der Waals surface area contributed by atoms with Gasteiger partial charge in [0.05, 0.1) is 12.1 Å². The molecule has 1 amide bonds. The van der Waals surface area contributed by atoms with Gasteiger partial charge in [-0.15, -0.1) is 0 Å². The fourth-order valence-electron chi connectivity index (χ4n) is 2.29. The SMILES string of the molecule is COCCn1c(C(=O)Nc2ccn(C)n2)cc2oc(Br)cc21. The van der Waals surface area contributed by atoms with E-state index in [0.29, 0.717) is 34.9 Å². The fourth-order valence-corrected chi connectivity index (χ4v) is 2.68. The lowest BCUT2D eigenvalue weighted by atomic mass is 10.4. The lowest BCUT2D eigenvalue weighted by Gasteiger charge is -2.08. The minimum atomic E-state index is -0.239. The van der Waals surface area contributed by atoms with Crippen LogP contribution in [-0.4, -0.2) is 34.0 Å². The zero-order valence-electron chi connectivity index (χ0n) is 12.2. The molecule has 0 saturated heterocycles. The van der Waals surface area contributed by atoms with E-state index in [-0.39, 0.29) is 5.91 Å². The number of aryl methyl sites for hydroxylation is 1. The van der Waals surface area contributed by atoms with Crippen molar-refractivity contribution in [3.8, 4) is 0 Å². The predicted molar refractivity (Wildman–Crippen MR) is 84.9 cm³/mol. The summed E-state index contributed by atoms with van der Waals surface area (Å²) in [7, 11) is 3.42. The standard InChI is InChI=1S/C14H15BrN4O3/c1-18-4-3-13(17-18)16-14(20)10-7-11-9(8-12(15)22-11)19(10)5-6-21-2/h3-4,7-8H,5-6H2,1-2H3,(H,16,17,20). The zero-order chi connectivity index (χ0) is 15.7. The van der Waals surface area contributed by atoms with Crippen molar-refractivity contribution in [2.24, 2.45) is 7.05 Å². The molecule has 0 atom stereocenters. The molecule has 0 fully saturated rings. The van der Waals surface area contributed by atoms with Crippen LogP contribution in [0.1, 0.15) is 10.5 Å². The number of furan rings is 1. The van der Waals surface area contributed by atoms with Crippen LogP contribution < -0.4 is 5.32 Å². The van der Waals surface area contributed by atoms with E-state index in [1.54, 1.807) is 37.2 Å². The second-order valence-electron chi connectivity index (χ2n) is 4.80. The summed E-state index contributed by atoms with van der Waals surface area (Å²) in [5.74, 6) is 0.266. The minimum absolute atomic E-state index is 0.239. The number of hydrogen-bond donors (Lipinski definition) is 1. The van der Waals surface area contributed by atoms with Crippen molar-refractivity contribution in [2.45, 2.75) is 6.54 Å². The maximum absolute atomic E-state index is 12.5. The van der Waals surface area contributed by atoms with Gasteiger partial charge in [-0.3, -0.25) is 9.48 Å². The smallest absolute Gasteiger partial charge is 0.273 e. The minimum Gasteiger partial charge on any atom is -0.448 e. The van der Waals surface area contributed by atoms with Gasteiger partial charge in [0, 0.05) is 45.1 Å². The average molecular weight is 367 g/mol. The summed E-state index contributed by atoms with van der Waals surface area (Å²) in [5, 5.41) is 6.92. The molecule has 0 aromatic carbocycles. The molecule has 0 aliphatic carbocycles. The zero-order valence-corrected chi connectivity index (χ0v) is 13.8. The monoisotopic (exact) mass is 366 g/mol. The van der Waals surface area contributed by atoms with E-state index in [0.717, 1.165) is 5.52 Å². The van der Waals surface area contributed by atoms with Gasteiger partial charge in [-0.1, -0.05) is 0 Å². The average Bonchev–Trinajstić information content (AvgIpc) is 3.11. The number of halogens is 1. The highest BCUT2D eigenvalue weighted by atomic mass is 79.9. The van der Waals surface area contributed by atoms with Crippen LogP contribution in [0.2, 0.25) is 0 Å². The largest absolute Gasteiger partial charge is 0.448 e. The Morgan fingerprint density at radius 2 is 2.32 bits per heavy atom. The van der Waals surface area contributed by atoms with Gasteiger partial charge in [-0.25, -0.2) is 0 Å². The van der Waals surface area contributed by atoms with E-state index < -0.39 is 0 Å². The maximum atomic E-state index is 12.5. The highest BCUT2D eigenvalue weighted by Crippen LogP contribution is 2.27. The number of nitrogens with one attached hydrogen (secondary N) is 1. The molecule has 22 heavy (non-hydrogen) atoms. The van der Waals surface area contributed by atoms with Gasteiger partial charge in [0.2, 0.25) is 0 Å². The molecule has 0 aliphatic heterocycles. The van der Waals surface area contributed by atoms with Gasteiger partial charge < -0.3 is 19.0 Å². The van der Waals surface area contributed by atoms with Crippen LogP contribution in [0.3, 0.4) is 0 Å². The molecule has 0 spiro atoms. The van der Waals surface area contributed by atoms with Crippen LogP contribution >= 0.6 is 15.9 Å². The first-order valence-electron chi connectivity index (χ1n) is 6.67. The van der Waals surface area contributed by atoms with Crippen molar-refractivity contribution in [1.29, 1.82) is 0 Å². The summed E-state index contributed by atoms with van der Waals surface area (Å²) in [5.41, 5.74) is 1.99. The number of carbonyl (C=O) groups is 1. The molecule has 0 aliphatic rings. The molecule has 0 unspecified atom stereocenters. The molecule has 0 radical (unpaired) electrons. The second kappa shape index (κ2) is 5.98. The predicted octanol–water partition coefficient (Wildman–Crippen LogP) is 2.63. The first kappa shape index (κ1) is 14.9. The van der Waals surface area contributed by atoms with Gasteiger partial charge in [0.15, 0.2) is 16.1 Å². The van der Waals surface area contributed by atoms with Crippen molar-refractivity contribution in [3.05, 3.63) is 34.8 Å². The lowest BCUT2D eigenvalue weighted by molar-refractivity contribution is 0.101. The van der Waals surface area contributed by atoms with E-state index in [2.05, 4.69) is 26.3 Å². The Morgan fingerprint density at radius 3 is 3.00 bits per heavy atom. The fraction of sp³-hybridized carbons (Fsp3) is 0.286. The topological polar surface area (TPSA) is 74.2 Å². The van der Waals surface area contributed by atoms with E-state index in [1.807, 2.05) is 10.6 Å². The molecule has 3 aromatic rings. The van der Waals surface area contributed by atoms with Crippen molar-refractivity contribution in [2.75, 3.05) is 19.0 Å². The van der Waals surface area contributed by atoms with Gasteiger partial charge in [-0.2, -0.15) is 5.10 Å². The summed E-state index contributed by atoms with van der Waals surface area (Å²) in [6.45, 7) is 1.05. The number of rotatable bonds is 5. The molecular weight excluding hydrogens is 352 g/mol. The molecule has 3 rings (SSSR count). The van der Waals surface area contributed by atoms with Crippen LogP contribution in [0, 0.1) is 0 Å². The van der Waals surface area contributed by atoms with Crippen molar-refractivity contribution < 1.29 is 13.9 Å². The number of anilines is 1. The highest BCUT2D eigenvalue weighted by molar-refractivity contribution is 9.10. The van der Waals surface area contributed by atoms with Crippen LogP contribution in [-0.2, 0) is 18.3 Å². The van der Waals surface area contributed by atoms with Crippen LogP contribution in [0.4, 0.5) is 5.82 Å². The normalized spacial score (nSPS) is 11.2. The molecule has 3 heterocycles. The van der Waals surface area contributed by atoms with Crippen LogP contribution in [0.15, 0.2) is 33.5 Å². The Kier molecular flexibility index (Phi) is 4.04. The van der Waals surface area contributed by atoms with Gasteiger partial charge in [0.25, 0.3) is 5.91 Å². The third kappa shape index (κ3) is 2.79. The summed E-state index contributed by atoms with van der Waals surface area (Å²) in [6.07, 6.45) is 1.77. The first-order chi connectivity index (χ1) is 10.6. The van der Waals surface area contributed by atoms with E-state index in [4.69, 9.17) is 9.15 Å². The summed E-state index contributed by atoms with van der Waals surface area (Å²) in [4.78, 5) is 12.5.